The van der Waals surface area contributed by atoms with E-state index < -0.39 is 64.5 Å². The van der Waals surface area contributed by atoms with Gasteiger partial charge in [0.15, 0.2) is 0 Å². The van der Waals surface area contributed by atoms with E-state index >= 15 is 0 Å². The first-order chi connectivity index (χ1) is 30.4. The van der Waals surface area contributed by atoms with Gasteiger partial charge in [0.25, 0.3) is 11.6 Å². The quantitative estimate of drug-likeness (QED) is 0.0251. The molecule has 0 bridgehead atoms. The van der Waals surface area contributed by atoms with Gasteiger partial charge in [-0.3, -0.25) is 38.9 Å². The Hall–Kier alpha value is -7.06. The number of anilines is 1. The molecule has 2 rings (SSSR count). The number of benzene rings is 2. The Morgan fingerprint density at radius 3 is 2.00 bits per heavy atom. The topological polar surface area (TPSA) is 280 Å². The summed E-state index contributed by atoms with van der Waals surface area (Å²) in [6, 6.07) is 8.32. The maximum Gasteiger partial charge on any atom is 0.514 e. The number of rotatable bonds is 23. The zero-order valence-corrected chi connectivity index (χ0v) is 38.3. The lowest BCUT2D eigenvalue weighted by molar-refractivity contribution is -0.384. The van der Waals surface area contributed by atoms with Crippen LogP contribution in [0.1, 0.15) is 92.6 Å². The number of amides is 6. The minimum Gasteiger partial charge on any atom is -0.465 e. The van der Waals surface area contributed by atoms with Gasteiger partial charge in [-0.2, -0.15) is 0 Å². The van der Waals surface area contributed by atoms with Crippen molar-refractivity contribution in [2.24, 2.45) is 5.92 Å². The first kappa shape index (κ1) is 54.1. The molecule has 0 spiro atoms. The number of non-ortho nitro benzene ring substituents is 1. The van der Waals surface area contributed by atoms with Crippen LogP contribution < -0.4 is 31.3 Å². The molecule has 2 aromatic carbocycles. The zero-order valence-electron chi connectivity index (χ0n) is 38.3. The number of nitro groups is 1. The lowest BCUT2D eigenvalue weighted by atomic mass is 10.1. The Morgan fingerprint density at radius 2 is 1.43 bits per heavy atom. The van der Waals surface area contributed by atoms with Gasteiger partial charge in [0.1, 0.15) is 35.7 Å². The van der Waals surface area contributed by atoms with E-state index in [0.717, 1.165) is 0 Å². The Kier molecular flexibility index (Phi) is 22.1. The van der Waals surface area contributed by atoms with E-state index in [1.165, 1.54) is 55.1 Å². The van der Waals surface area contributed by atoms with Crippen LogP contribution in [0.3, 0.4) is 0 Å². The number of hydrogen-bond donors (Lipinski definition) is 5. The fourth-order valence-electron chi connectivity index (χ4n) is 5.32. The van der Waals surface area contributed by atoms with Crippen molar-refractivity contribution in [2.75, 3.05) is 32.6 Å². The van der Waals surface area contributed by atoms with E-state index in [4.69, 9.17) is 18.9 Å². The molecule has 0 fully saturated rings. The summed E-state index contributed by atoms with van der Waals surface area (Å²) in [6.45, 7) is 11.6. The van der Waals surface area contributed by atoms with Gasteiger partial charge < -0.3 is 50.4 Å². The summed E-state index contributed by atoms with van der Waals surface area (Å²) in [4.78, 5) is 115. The van der Waals surface area contributed by atoms with E-state index in [9.17, 15) is 48.5 Å². The maximum absolute atomic E-state index is 13.9. The molecule has 6 amide bonds. The van der Waals surface area contributed by atoms with Crippen LogP contribution in [0.2, 0.25) is 0 Å². The number of esters is 1. The first-order valence-electron chi connectivity index (χ1n) is 20.8. The molecule has 2 aromatic rings. The van der Waals surface area contributed by atoms with Crippen molar-refractivity contribution in [2.45, 2.75) is 111 Å². The predicted molar refractivity (Wildman–Crippen MR) is 236 cm³/mol. The van der Waals surface area contributed by atoms with Crippen molar-refractivity contribution in [3.8, 4) is 5.75 Å². The van der Waals surface area contributed by atoms with Gasteiger partial charge in [-0.15, -0.1) is 0 Å². The Balaban J connectivity index is 2.22. The molecule has 0 unspecified atom stereocenters. The number of nitrogens with one attached hydrogen (secondary N) is 5. The second kappa shape index (κ2) is 26.5. The number of allylic oxidation sites excluding steroid dienone is 1. The van der Waals surface area contributed by atoms with E-state index in [0.29, 0.717) is 11.1 Å². The molecule has 0 aliphatic rings. The molecule has 0 saturated carbocycles. The normalized spacial score (nSPS) is 11.7. The van der Waals surface area contributed by atoms with Crippen LogP contribution in [0.4, 0.5) is 21.0 Å². The van der Waals surface area contributed by atoms with Crippen LogP contribution in [0.5, 0.6) is 5.75 Å². The van der Waals surface area contributed by atoms with E-state index in [1.807, 2.05) is 13.8 Å². The number of nitrogens with zero attached hydrogens (tertiary/aromatic N) is 2. The molecule has 0 radical (unpaired) electrons. The van der Waals surface area contributed by atoms with Crippen LogP contribution in [0.25, 0.3) is 0 Å². The molecule has 0 heterocycles. The molecule has 0 aliphatic carbocycles. The molecule has 356 valence electrons. The minimum absolute atomic E-state index is 0.0343. The Labute approximate surface area is 377 Å². The molecule has 65 heavy (non-hydrogen) atoms. The van der Waals surface area contributed by atoms with Crippen LogP contribution in [0, 0.1) is 16.0 Å². The molecular formula is C44H61N7O14. The smallest absolute Gasteiger partial charge is 0.465 e. The van der Waals surface area contributed by atoms with Gasteiger partial charge in [0, 0.05) is 57.7 Å². The fraction of sp³-hybridized carbons (Fsp3) is 0.500. The predicted octanol–water partition coefficient (Wildman–Crippen LogP) is 4.78. The largest absolute Gasteiger partial charge is 0.514 e. The lowest BCUT2D eigenvalue weighted by Gasteiger charge is -2.23. The van der Waals surface area contributed by atoms with Gasteiger partial charge >= 0.3 is 18.2 Å². The summed E-state index contributed by atoms with van der Waals surface area (Å²) in [5.74, 6) is -3.67. The number of carbonyl (C=O) groups is 8. The highest BCUT2D eigenvalue weighted by Gasteiger charge is 2.28. The zero-order chi connectivity index (χ0) is 48.9. The molecular weight excluding hydrogens is 851 g/mol. The summed E-state index contributed by atoms with van der Waals surface area (Å²) in [7, 11) is 3.18. The van der Waals surface area contributed by atoms with Crippen molar-refractivity contribution in [3.05, 3.63) is 75.5 Å². The number of ether oxygens (including phenoxy) is 4. The average molecular weight is 912 g/mol. The highest BCUT2D eigenvalue weighted by atomic mass is 16.7. The van der Waals surface area contributed by atoms with Gasteiger partial charge in [-0.25, -0.2) is 9.59 Å². The number of alkyl carbamates (subject to hydrolysis) is 1. The van der Waals surface area contributed by atoms with Crippen molar-refractivity contribution < 1.29 is 62.2 Å². The third kappa shape index (κ3) is 21.7. The second-order valence-electron chi connectivity index (χ2n) is 16.6. The van der Waals surface area contributed by atoms with Crippen LogP contribution in [-0.4, -0.2) is 103 Å². The fourth-order valence-corrected chi connectivity index (χ4v) is 5.32. The van der Waals surface area contributed by atoms with Gasteiger partial charge in [-0.1, -0.05) is 26.0 Å². The van der Waals surface area contributed by atoms with E-state index in [1.54, 1.807) is 47.0 Å². The monoisotopic (exact) mass is 911 g/mol. The molecule has 0 aromatic heterocycles. The Morgan fingerprint density at radius 1 is 0.800 bits per heavy atom. The van der Waals surface area contributed by atoms with Crippen LogP contribution in [-0.2, 0) is 49.6 Å². The highest BCUT2D eigenvalue weighted by molar-refractivity contribution is 6.03. The van der Waals surface area contributed by atoms with Crippen molar-refractivity contribution in [3.63, 3.8) is 0 Å². The summed E-state index contributed by atoms with van der Waals surface area (Å²) in [5.41, 5.74) is -0.147. The van der Waals surface area contributed by atoms with Gasteiger partial charge in [0.05, 0.1) is 11.5 Å². The van der Waals surface area contributed by atoms with Crippen molar-refractivity contribution >= 4 is 59.1 Å². The third-order valence-electron chi connectivity index (χ3n) is 8.68. The molecule has 5 N–H and O–H groups in total. The molecule has 21 nitrogen and oxygen atoms in total. The highest BCUT2D eigenvalue weighted by Crippen LogP contribution is 2.19. The second-order valence-corrected chi connectivity index (χ2v) is 16.6. The third-order valence-corrected chi connectivity index (χ3v) is 8.68. The van der Waals surface area contributed by atoms with Crippen LogP contribution >= 0.6 is 0 Å². The van der Waals surface area contributed by atoms with Crippen molar-refractivity contribution in [1.29, 1.82) is 0 Å². The SMILES string of the molecule is CC(C)=C(NC(=O)[C@H](CCC(=O)OCC(C)C)NC(=O)CCCC(=O)N(C)C)C(=O)N[C@@H](CCNC(=O)OC(C)(C)C)C(=O)Nc1ccc(COC(=O)Oc2ccc([N+](=O)[O-])cc2)cc1. The summed E-state index contributed by atoms with van der Waals surface area (Å²) in [5, 5.41) is 23.8. The summed E-state index contributed by atoms with van der Waals surface area (Å²) in [6.07, 6.45) is -2.19. The molecule has 0 saturated heterocycles. The maximum atomic E-state index is 13.9. The van der Waals surface area contributed by atoms with E-state index in [-0.39, 0.29) is 92.9 Å². The van der Waals surface area contributed by atoms with E-state index in [2.05, 4.69) is 26.6 Å². The average Bonchev–Trinajstić information content (AvgIpc) is 3.21. The molecule has 21 heteroatoms. The van der Waals surface area contributed by atoms with Gasteiger partial charge in [0.2, 0.25) is 23.6 Å². The first-order valence-corrected chi connectivity index (χ1v) is 20.8. The number of nitro benzene ring substituents is 1. The Bertz CT molecular complexity index is 2020. The number of hydrogen-bond acceptors (Lipinski definition) is 14. The van der Waals surface area contributed by atoms with Crippen molar-refractivity contribution in [1.82, 2.24) is 26.2 Å². The lowest BCUT2D eigenvalue weighted by Crippen LogP contribution is -2.51. The molecule has 0 aliphatic heterocycles. The summed E-state index contributed by atoms with van der Waals surface area (Å²) >= 11 is 0. The number of carbonyl (C=O) groups excluding carboxylic acids is 8. The molecule has 2 atom stereocenters. The van der Waals surface area contributed by atoms with Gasteiger partial charge in [-0.05, 0) is 95.2 Å². The summed E-state index contributed by atoms with van der Waals surface area (Å²) < 4.78 is 20.7. The minimum atomic E-state index is -1.31. The standard InChI is InChI=1S/C44H61N7O14/c1-27(2)25-62-37(54)22-21-33(47-35(52)11-10-12-36(53)50(8)9)40(56)49-38(28(3)4)41(57)48-34(23-24-45-42(58)65-44(5,6)7)39(55)46-30-15-13-29(14-16-30)26-63-43(59)64-32-19-17-31(18-20-32)51(60)61/h13-20,27,33-34H,10-12,21-26H2,1-9H3,(H,45,58)(H,46,55)(H,47,52)(H,48,57)(H,49,56)/t33-,34-/m0/s1. The van der Waals surface area contributed by atoms with Crippen LogP contribution in [0.15, 0.2) is 59.8 Å².